The van der Waals surface area contributed by atoms with Crippen LogP contribution in [0.4, 0.5) is 10.5 Å². The Labute approximate surface area is 178 Å². The summed E-state index contributed by atoms with van der Waals surface area (Å²) < 4.78 is 43.7. The number of nitrogens with zero attached hydrogens (tertiary/aromatic N) is 1. The maximum absolute atomic E-state index is 12.9. The first-order valence-corrected chi connectivity index (χ1v) is 11.2. The number of cyclic esters (lactones) is 1. The molecule has 0 saturated carbocycles. The molecule has 1 fully saturated rings. The van der Waals surface area contributed by atoms with Crippen LogP contribution in [0.2, 0.25) is 0 Å². The van der Waals surface area contributed by atoms with Gasteiger partial charge in [0.1, 0.15) is 23.8 Å². The van der Waals surface area contributed by atoms with Crippen molar-refractivity contribution in [2.45, 2.75) is 24.8 Å². The van der Waals surface area contributed by atoms with Gasteiger partial charge in [0.05, 0.1) is 24.2 Å². The number of carbonyl (C=O) groups is 2. The lowest BCUT2D eigenvalue weighted by atomic mass is 10.1. The van der Waals surface area contributed by atoms with Crippen molar-refractivity contribution in [3.8, 4) is 0 Å². The average Bonchev–Trinajstić information content (AvgIpc) is 3.33. The maximum atomic E-state index is 12.9. The van der Waals surface area contributed by atoms with E-state index in [0.29, 0.717) is 30.0 Å². The lowest BCUT2D eigenvalue weighted by molar-refractivity contribution is -0.143. The minimum absolute atomic E-state index is 0.0306. The highest BCUT2D eigenvalue weighted by atomic mass is 32.2. The van der Waals surface area contributed by atoms with Gasteiger partial charge < -0.3 is 13.9 Å². The van der Waals surface area contributed by atoms with Crippen molar-refractivity contribution < 1.29 is 31.9 Å². The zero-order valence-corrected chi connectivity index (χ0v) is 18.1. The molecule has 0 aliphatic carbocycles. The number of nitrogens with one attached hydrogen (secondary N) is 1. The summed E-state index contributed by atoms with van der Waals surface area (Å²) in [5.74, 6) is -0.954. The highest BCUT2D eigenvalue weighted by molar-refractivity contribution is 7.89. The molecule has 164 valence electrons. The van der Waals surface area contributed by atoms with Crippen molar-refractivity contribution in [1.29, 1.82) is 0 Å². The van der Waals surface area contributed by atoms with Crippen LogP contribution in [0.25, 0.3) is 21.9 Å². The smallest absolute Gasteiger partial charge is 0.414 e. The first kappa shape index (κ1) is 21.1. The summed E-state index contributed by atoms with van der Waals surface area (Å²) in [6.07, 6.45) is -0.416. The molecule has 1 aliphatic heterocycles. The van der Waals surface area contributed by atoms with E-state index < -0.39 is 28.1 Å². The third-order valence-electron chi connectivity index (χ3n) is 5.22. The van der Waals surface area contributed by atoms with E-state index in [1.807, 2.05) is 6.07 Å². The molecule has 0 radical (unpaired) electrons. The highest BCUT2D eigenvalue weighted by Crippen LogP contribution is 2.33. The van der Waals surface area contributed by atoms with E-state index in [9.17, 15) is 18.0 Å². The molecule has 1 atom stereocenters. The summed E-state index contributed by atoms with van der Waals surface area (Å²) in [5, 5.41) is 1.52. The Hall–Kier alpha value is -3.11. The van der Waals surface area contributed by atoms with E-state index in [1.54, 1.807) is 32.0 Å². The number of rotatable bonds is 6. The molecule has 1 saturated heterocycles. The fourth-order valence-corrected chi connectivity index (χ4v) is 4.88. The van der Waals surface area contributed by atoms with E-state index in [4.69, 9.17) is 13.9 Å². The second-order valence-corrected chi connectivity index (χ2v) is 9.29. The van der Waals surface area contributed by atoms with Crippen molar-refractivity contribution in [3.63, 3.8) is 0 Å². The number of sulfonamides is 1. The molecule has 9 nitrogen and oxygen atoms in total. The van der Waals surface area contributed by atoms with Crippen LogP contribution in [0.5, 0.6) is 0 Å². The van der Waals surface area contributed by atoms with Gasteiger partial charge in [-0.05, 0) is 30.2 Å². The van der Waals surface area contributed by atoms with Gasteiger partial charge in [-0.1, -0.05) is 13.8 Å². The number of benzene rings is 2. The molecular weight excluding hydrogens is 424 g/mol. The zero-order chi connectivity index (χ0) is 22.3. The Balaban J connectivity index is 1.70. The molecule has 0 unspecified atom stereocenters. The van der Waals surface area contributed by atoms with Crippen LogP contribution >= 0.6 is 0 Å². The van der Waals surface area contributed by atoms with Gasteiger partial charge >= 0.3 is 12.1 Å². The quantitative estimate of drug-likeness (QED) is 0.579. The number of hydrogen-bond donors (Lipinski definition) is 1. The first-order valence-electron chi connectivity index (χ1n) is 9.72. The monoisotopic (exact) mass is 446 g/mol. The van der Waals surface area contributed by atoms with Crippen molar-refractivity contribution >= 4 is 49.7 Å². The van der Waals surface area contributed by atoms with Crippen molar-refractivity contribution in [3.05, 3.63) is 36.4 Å². The molecule has 2 aromatic carbocycles. The summed E-state index contributed by atoms with van der Waals surface area (Å²) in [6, 6.07) is 8.85. The minimum Gasteiger partial charge on any atom is -0.468 e. The van der Waals surface area contributed by atoms with Gasteiger partial charge in [-0.3, -0.25) is 9.69 Å². The van der Waals surface area contributed by atoms with Crippen molar-refractivity contribution in [2.24, 2.45) is 5.92 Å². The van der Waals surface area contributed by atoms with Gasteiger partial charge in [-0.25, -0.2) is 13.2 Å². The minimum atomic E-state index is -4.00. The molecule has 0 bridgehead atoms. The van der Waals surface area contributed by atoms with Gasteiger partial charge in [0.2, 0.25) is 10.0 Å². The van der Waals surface area contributed by atoms with Crippen LogP contribution < -0.4 is 9.62 Å². The largest absolute Gasteiger partial charge is 0.468 e. The number of fused-ring (bicyclic) bond motifs is 3. The standard InChI is InChI=1S/C21H22N2O7S/c1-12(2)19(20(24)28-3)22-31(26,27)14-5-7-16-15-6-4-13(23-8-9-29-21(23)25)10-17(15)30-18(16)11-14/h4-7,10-12,19,22H,8-9H2,1-3H3/t19-/m0/s1. The molecule has 1 N–H and O–H groups in total. The molecule has 31 heavy (non-hydrogen) atoms. The van der Waals surface area contributed by atoms with Crippen LogP contribution in [0.3, 0.4) is 0 Å². The van der Waals surface area contributed by atoms with Crippen LogP contribution in [-0.2, 0) is 24.3 Å². The summed E-state index contributed by atoms with van der Waals surface area (Å²) in [4.78, 5) is 25.2. The Morgan fingerprint density at radius 3 is 2.42 bits per heavy atom. The second kappa shape index (κ2) is 7.86. The van der Waals surface area contributed by atoms with Crippen molar-refractivity contribution in [1.82, 2.24) is 4.72 Å². The Morgan fingerprint density at radius 2 is 1.81 bits per heavy atom. The number of carbonyl (C=O) groups excluding carboxylic acids is 2. The molecule has 4 rings (SSSR count). The normalized spacial score (nSPS) is 15.6. The van der Waals surface area contributed by atoms with Crippen LogP contribution in [0.1, 0.15) is 13.8 Å². The number of esters is 1. The van der Waals surface area contributed by atoms with Gasteiger partial charge in [0, 0.05) is 22.9 Å². The fraction of sp³-hybridized carbons (Fsp3) is 0.333. The molecule has 1 aliphatic rings. The highest BCUT2D eigenvalue weighted by Gasteiger charge is 2.29. The maximum Gasteiger partial charge on any atom is 0.414 e. The molecule has 1 aromatic heterocycles. The van der Waals surface area contributed by atoms with E-state index >= 15 is 0 Å². The lowest BCUT2D eigenvalue weighted by Crippen LogP contribution is -2.44. The number of furan rings is 1. The Morgan fingerprint density at radius 1 is 1.13 bits per heavy atom. The number of methoxy groups -OCH3 is 1. The van der Waals surface area contributed by atoms with E-state index in [0.717, 1.165) is 10.8 Å². The van der Waals surface area contributed by atoms with Gasteiger partial charge in [0.25, 0.3) is 0 Å². The van der Waals surface area contributed by atoms with Gasteiger partial charge in [0.15, 0.2) is 0 Å². The van der Waals surface area contributed by atoms with Crippen LogP contribution in [0, 0.1) is 5.92 Å². The van der Waals surface area contributed by atoms with E-state index in [2.05, 4.69) is 4.72 Å². The summed E-state index contributed by atoms with van der Waals surface area (Å²) in [5.41, 5.74) is 1.53. The van der Waals surface area contributed by atoms with E-state index in [-0.39, 0.29) is 10.8 Å². The zero-order valence-electron chi connectivity index (χ0n) is 17.2. The predicted molar refractivity (Wildman–Crippen MR) is 113 cm³/mol. The topological polar surface area (TPSA) is 115 Å². The SMILES string of the molecule is COC(=O)[C@@H](NS(=O)(=O)c1ccc2c(c1)oc1cc(N3CCOC3=O)ccc12)C(C)C. The third kappa shape index (κ3) is 3.84. The Kier molecular flexibility index (Phi) is 5.36. The third-order valence-corrected chi connectivity index (χ3v) is 6.65. The predicted octanol–water partition coefficient (Wildman–Crippen LogP) is 3.02. The van der Waals surface area contributed by atoms with Crippen LogP contribution in [0.15, 0.2) is 45.7 Å². The average molecular weight is 446 g/mol. The lowest BCUT2D eigenvalue weighted by Gasteiger charge is -2.19. The summed E-state index contributed by atoms with van der Waals surface area (Å²) >= 11 is 0. The molecule has 10 heteroatoms. The van der Waals surface area contributed by atoms with E-state index in [1.165, 1.54) is 24.1 Å². The number of amides is 1. The van der Waals surface area contributed by atoms with Gasteiger partial charge in [-0.15, -0.1) is 0 Å². The Bertz CT molecular complexity index is 1280. The number of hydrogen-bond acceptors (Lipinski definition) is 7. The molecule has 1 amide bonds. The number of anilines is 1. The second-order valence-electron chi connectivity index (χ2n) is 7.57. The summed E-state index contributed by atoms with van der Waals surface area (Å²) in [6.45, 7) is 4.23. The molecule has 2 heterocycles. The summed E-state index contributed by atoms with van der Waals surface area (Å²) in [7, 11) is -2.79. The first-order chi connectivity index (χ1) is 14.7. The number of ether oxygens (including phenoxy) is 2. The fourth-order valence-electron chi connectivity index (χ4n) is 3.53. The molecule has 0 spiro atoms. The molecular formula is C21H22N2O7S. The molecule has 3 aromatic rings. The van der Waals surface area contributed by atoms with Crippen LogP contribution in [-0.4, -0.2) is 46.8 Å². The van der Waals surface area contributed by atoms with Gasteiger partial charge in [-0.2, -0.15) is 4.72 Å². The van der Waals surface area contributed by atoms with Crippen molar-refractivity contribution in [2.75, 3.05) is 25.2 Å².